The highest BCUT2D eigenvalue weighted by atomic mass is 16.5. The smallest absolute Gasteiger partial charge is 0.408 e. The molecule has 1 heterocycles. The summed E-state index contributed by atoms with van der Waals surface area (Å²) in [6, 6.07) is 22.4. The predicted molar refractivity (Wildman–Crippen MR) is 139 cm³/mol. The molecule has 0 bridgehead atoms. The second-order valence-electron chi connectivity index (χ2n) is 9.01. The molecule has 0 radical (unpaired) electrons. The van der Waals surface area contributed by atoms with Crippen LogP contribution in [0, 0.1) is 0 Å². The molecule has 0 spiro atoms. The van der Waals surface area contributed by atoms with Crippen LogP contribution in [0.4, 0.5) is 10.5 Å². The fourth-order valence-electron chi connectivity index (χ4n) is 4.94. The van der Waals surface area contributed by atoms with Crippen LogP contribution in [0.3, 0.4) is 0 Å². The molecule has 188 valence electrons. The van der Waals surface area contributed by atoms with Gasteiger partial charge in [0, 0.05) is 30.6 Å². The van der Waals surface area contributed by atoms with Crippen LogP contribution in [-0.4, -0.2) is 42.3 Å². The summed E-state index contributed by atoms with van der Waals surface area (Å²) in [4.78, 5) is 29.2. The van der Waals surface area contributed by atoms with Gasteiger partial charge in [0.2, 0.25) is 5.91 Å². The zero-order valence-electron chi connectivity index (χ0n) is 20.9. The van der Waals surface area contributed by atoms with Crippen LogP contribution < -0.4 is 14.4 Å². The zero-order valence-corrected chi connectivity index (χ0v) is 20.9. The Labute approximate surface area is 211 Å². The van der Waals surface area contributed by atoms with Crippen LogP contribution in [0.5, 0.6) is 11.5 Å². The van der Waals surface area contributed by atoms with E-state index in [9.17, 15) is 14.7 Å². The summed E-state index contributed by atoms with van der Waals surface area (Å²) < 4.78 is 11.1. The molecule has 3 aromatic rings. The number of fused-ring (bicyclic) bond motifs is 1. The maximum atomic E-state index is 13.5. The number of aryl methyl sites for hydroxylation is 1. The van der Waals surface area contributed by atoms with E-state index in [1.807, 2.05) is 73.7 Å². The topological polar surface area (TPSA) is 79.3 Å². The number of anilines is 1. The number of carbonyl (C=O) groups is 2. The van der Waals surface area contributed by atoms with Crippen molar-refractivity contribution < 1.29 is 24.2 Å². The molecule has 2 atom stereocenters. The molecule has 0 fully saturated rings. The molecular weight excluding hydrogens is 456 g/mol. The van der Waals surface area contributed by atoms with E-state index >= 15 is 0 Å². The first-order chi connectivity index (χ1) is 17.4. The molecule has 3 aromatic carbocycles. The zero-order chi connectivity index (χ0) is 25.7. The lowest BCUT2D eigenvalue weighted by atomic mass is 9.89. The Hall–Kier alpha value is -4.00. The van der Waals surface area contributed by atoms with E-state index in [0.29, 0.717) is 36.4 Å². The molecule has 0 saturated carbocycles. The standard InChI is InChI=1S/C29H32N2O5/c1-20-16-24(30(29(33)34)19-22-12-8-5-9-13-22)23-17-26(35-2)27(36-3)18-25(23)31(20)28(32)15-14-21-10-6-4-7-11-21/h4-13,17-18,20,24H,14-16,19H2,1-3H3,(H,33,34). The number of carbonyl (C=O) groups excluding carboxylic acids is 1. The third-order valence-corrected chi connectivity index (χ3v) is 6.71. The summed E-state index contributed by atoms with van der Waals surface area (Å²) in [6.07, 6.45) is 0.433. The highest BCUT2D eigenvalue weighted by molar-refractivity contribution is 5.96. The fourth-order valence-corrected chi connectivity index (χ4v) is 4.94. The Bertz CT molecular complexity index is 1200. The molecular formula is C29H32N2O5. The van der Waals surface area contributed by atoms with Gasteiger partial charge in [0.05, 0.1) is 25.9 Å². The summed E-state index contributed by atoms with van der Waals surface area (Å²) in [5, 5.41) is 10.2. The Morgan fingerprint density at radius 2 is 1.53 bits per heavy atom. The van der Waals surface area contributed by atoms with E-state index in [0.717, 1.165) is 16.7 Å². The first-order valence-electron chi connectivity index (χ1n) is 12.1. The lowest BCUT2D eigenvalue weighted by Gasteiger charge is -2.43. The van der Waals surface area contributed by atoms with Crippen molar-refractivity contribution >= 4 is 17.7 Å². The van der Waals surface area contributed by atoms with Crippen molar-refractivity contribution in [2.45, 2.75) is 44.8 Å². The number of benzene rings is 3. The molecule has 2 unspecified atom stereocenters. The van der Waals surface area contributed by atoms with E-state index in [-0.39, 0.29) is 18.5 Å². The first-order valence-corrected chi connectivity index (χ1v) is 12.1. The van der Waals surface area contributed by atoms with Gasteiger partial charge in [0.15, 0.2) is 11.5 Å². The van der Waals surface area contributed by atoms with Gasteiger partial charge >= 0.3 is 6.09 Å². The average Bonchev–Trinajstić information content (AvgIpc) is 2.90. The molecule has 1 aliphatic heterocycles. The van der Waals surface area contributed by atoms with Crippen LogP contribution in [0.25, 0.3) is 0 Å². The van der Waals surface area contributed by atoms with Crippen molar-refractivity contribution in [2.24, 2.45) is 0 Å². The molecule has 1 aliphatic rings. The van der Waals surface area contributed by atoms with Gasteiger partial charge in [0.25, 0.3) is 0 Å². The molecule has 0 saturated heterocycles. The number of hydrogen-bond acceptors (Lipinski definition) is 4. The van der Waals surface area contributed by atoms with E-state index in [4.69, 9.17) is 9.47 Å². The fraction of sp³-hybridized carbons (Fsp3) is 0.310. The van der Waals surface area contributed by atoms with Gasteiger partial charge in [-0.05, 0) is 37.0 Å². The van der Waals surface area contributed by atoms with Crippen LogP contribution in [-0.2, 0) is 17.8 Å². The van der Waals surface area contributed by atoms with Gasteiger partial charge in [-0.15, -0.1) is 0 Å². The van der Waals surface area contributed by atoms with Gasteiger partial charge in [-0.1, -0.05) is 60.7 Å². The Morgan fingerprint density at radius 1 is 0.944 bits per heavy atom. The van der Waals surface area contributed by atoms with E-state index in [1.165, 1.54) is 4.90 Å². The van der Waals surface area contributed by atoms with Gasteiger partial charge in [-0.2, -0.15) is 0 Å². The summed E-state index contributed by atoms with van der Waals surface area (Å²) in [6.45, 7) is 2.21. The lowest BCUT2D eigenvalue weighted by Crippen LogP contribution is -2.47. The maximum Gasteiger partial charge on any atom is 0.408 e. The SMILES string of the molecule is COc1cc2c(cc1OC)N(C(=O)CCc1ccccc1)C(C)CC2N(Cc1ccccc1)C(=O)O. The van der Waals surface area contributed by atoms with E-state index in [1.54, 1.807) is 25.2 Å². The van der Waals surface area contributed by atoms with Crippen LogP contribution in [0.1, 0.15) is 42.5 Å². The summed E-state index contributed by atoms with van der Waals surface area (Å²) in [5.41, 5.74) is 3.39. The second-order valence-corrected chi connectivity index (χ2v) is 9.01. The minimum Gasteiger partial charge on any atom is -0.493 e. The van der Waals surface area contributed by atoms with E-state index in [2.05, 4.69) is 0 Å². The minimum absolute atomic E-state index is 0.0109. The molecule has 7 heteroatoms. The molecule has 0 aliphatic carbocycles. The number of nitrogens with zero attached hydrogens (tertiary/aromatic N) is 2. The molecule has 7 nitrogen and oxygen atoms in total. The van der Waals surface area contributed by atoms with Crippen molar-refractivity contribution in [1.29, 1.82) is 0 Å². The summed E-state index contributed by atoms with van der Waals surface area (Å²) in [5.74, 6) is 0.982. The second kappa shape index (κ2) is 11.2. The lowest BCUT2D eigenvalue weighted by molar-refractivity contribution is -0.119. The van der Waals surface area contributed by atoms with Crippen molar-refractivity contribution in [1.82, 2.24) is 4.90 Å². The minimum atomic E-state index is -1.01. The third kappa shape index (κ3) is 5.30. The number of amides is 2. The first kappa shape index (κ1) is 25.1. The molecule has 36 heavy (non-hydrogen) atoms. The van der Waals surface area contributed by atoms with Crippen molar-refractivity contribution in [3.8, 4) is 11.5 Å². The highest BCUT2D eigenvalue weighted by Gasteiger charge is 2.39. The highest BCUT2D eigenvalue weighted by Crippen LogP contribution is 2.46. The van der Waals surface area contributed by atoms with Crippen LogP contribution in [0.15, 0.2) is 72.8 Å². The van der Waals surface area contributed by atoms with Gasteiger partial charge in [0.1, 0.15) is 0 Å². The van der Waals surface area contributed by atoms with Crippen molar-refractivity contribution in [3.63, 3.8) is 0 Å². The summed E-state index contributed by atoms with van der Waals surface area (Å²) >= 11 is 0. The average molecular weight is 489 g/mol. The third-order valence-electron chi connectivity index (χ3n) is 6.71. The summed E-state index contributed by atoms with van der Waals surface area (Å²) in [7, 11) is 3.10. The number of hydrogen-bond donors (Lipinski definition) is 1. The molecule has 1 N–H and O–H groups in total. The monoisotopic (exact) mass is 488 g/mol. The van der Waals surface area contributed by atoms with Gasteiger partial charge in [-0.3, -0.25) is 9.69 Å². The number of carboxylic acid groups (broad SMARTS) is 1. The quantitative estimate of drug-likeness (QED) is 0.441. The number of ether oxygens (including phenoxy) is 2. The van der Waals surface area contributed by atoms with Gasteiger partial charge in [-0.25, -0.2) is 4.79 Å². The molecule has 0 aromatic heterocycles. The normalized spacial score (nSPS) is 16.7. The van der Waals surface area contributed by atoms with Crippen LogP contribution in [0.2, 0.25) is 0 Å². The van der Waals surface area contributed by atoms with E-state index < -0.39 is 12.1 Å². The number of rotatable bonds is 8. The Balaban J connectivity index is 1.72. The maximum absolute atomic E-state index is 13.5. The largest absolute Gasteiger partial charge is 0.493 e. The number of methoxy groups -OCH3 is 2. The van der Waals surface area contributed by atoms with Crippen LogP contribution >= 0.6 is 0 Å². The Kier molecular flexibility index (Phi) is 7.78. The van der Waals surface area contributed by atoms with Crippen molar-refractivity contribution in [3.05, 3.63) is 89.5 Å². The predicted octanol–water partition coefficient (Wildman–Crippen LogP) is 5.68. The van der Waals surface area contributed by atoms with Gasteiger partial charge < -0.3 is 19.5 Å². The van der Waals surface area contributed by atoms with Crippen molar-refractivity contribution in [2.75, 3.05) is 19.1 Å². The molecule has 4 rings (SSSR count). The Morgan fingerprint density at radius 3 is 2.11 bits per heavy atom. The molecule has 2 amide bonds.